The van der Waals surface area contributed by atoms with Gasteiger partial charge in [-0.25, -0.2) is 0 Å². The van der Waals surface area contributed by atoms with E-state index in [-0.39, 0.29) is 5.56 Å². The van der Waals surface area contributed by atoms with E-state index >= 15 is 0 Å². The summed E-state index contributed by atoms with van der Waals surface area (Å²) in [7, 11) is 0. The van der Waals surface area contributed by atoms with Gasteiger partial charge >= 0.3 is 6.18 Å². The van der Waals surface area contributed by atoms with Gasteiger partial charge in [-0.2, -0.15) is 13.2 Å². The van der Waals surface area contributed by atoms with Crippen LogP contribution in [0.2, 0.25) is 0 Å². The van der Waals surface area contributed by atoms with E-state index in [1.807, 2.05) is 6.92 Å². The Kier molecular flexibility index (Phi) is 12.7. The summed E-state index contributed by atoms with van der Waals surface area (Å²) in [5.74, 6) is -0.525. The largest absolute Gasteiger partial charge is 0.417 e. The molecule has 0 bridgehead atoms. The number of amides is 1. The Morgan fingerprint density at radius 3 is 1.76 bits per heavy atom. The van der Waals surface area contributed by atoms with E-state index in [2.05, 4.69) is 6.92 Å². The van der Waals surface area contributed by atoms with E-state index in [0.29, 0.717) is 13.1 Å². The molecule has 0 unspecified atom stereocenters. The van der Waals surface area contributed by atoms with E-state index in [1.54, 1.807) is 0 Å². The molecule has 0 aliphatic heterocycles. The van der Waals surface area contributed by atoms with Crippen molar-refractivity contribution in [2.24, 2.45) is 0 Å². The average Bonchev–Trinajstić information content (AvgIpc) is 2.70. The van der Waals surface area contributed by atoms with E-state index in [0.717, 1.165) is 25.3 Å². The lowest BCUT2D eigenvalue weighted by atomic mass is 10.0. The molecule has 0 aliphatic carbocycles. The van der Waals surface area contributed by atoms with Crippen LogP contribution in [0, 0.1) is 0 Å². The van der Waals surface area contributed by atoms with Gasteiger partial charge in [0.05, 0.1) is 11.1 Å². The fraction of sp³-hybridized carbons (Fsp3) is 0.708. The van der Waals surface area contributed by atoms with E-state index in [4.69, 9.17) is 0 Å². The molecule has 1 rings (SSSR count). The molecule has 29 heavy (non-hydrogen) atoms. The maximum atomic E-state index is 13.2. The van der Waals surface area contributed by atoms with Gasteiger partial charge in [0, 0.05) is 13.1 Å². The van der Waals surface area contributed by atoms with Gasteiger partial charge in [0.1, 0.15) is 0 Å². The zero-order valence-corrected chi connectivity index (χ0v) is 18.2. The highest BCUT2D eigenvalue weighted by molar-refractivity contribution is 5.95. The molecule has 5 heteroatoms. The molecule has 0 heterocycles. The molecule has 0 saturated heterocycles. The first-order chi connectivity index (χ1) is 13.9. The van der Waals surface area contributed by atoms with Gasteiger partial charge in [0.2, 0.25) is 0 Å². The topological polar surface area (TPSA) is 20.3 Å². The molecule has 0 aromatic heterocycles. The van der Waals surface area contributed by atoms with Crippen LogP contribution in [0.4, 0.5) is 13.2 Å². The summed E-state index contributed by atoms with van der Waals surface area (Å²) in [6.07, 6.45) is 10.2. The number of carbonyl (C=O) groups excluding carboxylic acids is 1. The van der Waals surface area contributed by atoms with Gasteiger partial charge in [-0.1, -0.05) is 89.7 Å². The molecule has 0 saturated carbocycles. The van der Waals surface area contributed by atoms with Crippen molar-refractivity contribution in [2.45, 2.75) is 97.1 Å². The van der Waals surface area contributed by atoms with Gasteiger partial charge < -0.3 is 4.90 Å². The van der Waals surface area contributed by atoms with Crippen LogP contribution in [-0.4, -0.2) is 23.9 Å². The van der Waals surface area contributed by atoms with E-state index < -0.39 is 17.6 Å². The third kappa shape index (κ3) is 10.2. The molecule has 1 aromatic carbocycles. The zero-order chi connectivity index (χ0) is 21.5. The highest BCUT2D eigenvalue weighted by atomic mass is 19.4. The minimum absolute atomic E-state index is 0.249. The minimum atomic E-state index is -4.51. The Morgan fingerprint density at radius 1 is 0.793 bits per heavy atom. The van der Waals surface area contributed by atoms with E-state index in [1.165, 1.54) is 80.9 Å². The maximum absolute atomic E-state index is 13.2. The first-order valence-corrected chi connectivity index (χ1v) is 11.4. The SMILES string of the molecule is CCCCCCCCCCCCCCN(CC)C(=O)c1ccccc1C(F)(F)F. The van der Waals surface area contributed by atoms with Gasteiger partial charge in [-0.3, -0.25) is 4.79 Å². The van der Waals surface area contributed by atoms with Crippen LogP contribution in [0.15, 0.2) is 24.3 Å². The lowest BCUT2D eigenvalue weighted by molar-refractivity contribution is -0.138. The number of nitrogens with zero attached hydrogens (tertiary/aromatic N) is 1. The Hall–Kier alpha value is -1.52. The number of alkyl halides is 3. The smallest absolute Gasteiger partial charge is 0.339 e. The second kappa shape index (κ2) is 14.5. The predicted octanol–water partition coefficient (Wildman–Crippen LogP) is 7.87. The molecule has 166 valence electrons. The molecule has 1 aromatic rings. The normalized spacial score (nSPS) is 11.6. The van der Waals surface area contributed by atoms with Crippen LogP contribution < -0.4 is 0 Å². The van der Waals surface area contributed by atoms with Crippen LogP contribution in [0.5, 0.6) is 0 Å². The van der Waals surface area contributed by atoms with Crippen LogP contribution in [0.25, 0.3) is 0 Å². The predicted molar refractivity (Wildman–Crippen MR) is 114 cm³/mol. The van der Waals surface area contributed by atoms with Crippen molar-refractivity contribution in [2.75, 3.05) is 13.1 Å². The van der Waals surface area contributed by atoms with Gasteiger partial charge in [0.15, 0.2) is 0 Å². The van der Waals surface area contributed by atoms with Crippen LogP contribution in [0.3, 0.4) is 0 Å². The number of hydrogen-bond acceptors (Lipinski definition) is 1. The number of halogens is 3. The van der Waals surface area contributed by atoms with Crippen molar-refractivity contribution in [3.05, 3.63) is 35.4 Å². The van der Waals surface area contributed by atoms with Gasteiger partial charge in [-0.05, 0) is 25.5 Å². The van der Waals surface area contributed by atoms with Gasteiger partial charge in [0.25, 0.3) is 5.91 Å². The maximum Gasteiger partial charge on any atom is 0.417 e. The summed E-state index contributed by atoms with van der Waals surface area (Å²) >= 11 is 0. The minimum Gasteiger partial charge on any atom is -0.339 e. The molecular formula is C24H38F3NO. The first-order valence-electron chi connectivity index (χ1n) is 11.4. The number of hydrogen-bond donors (Lipinski definition) is 0. The van der Waals surface area contributed by atoms with Crippen molar-refractivity contribution in [3.8, 4) is 0 Å². The third-order valence-corrected chi connectivity index (χ3v) is 5.41. The van der Waals surface area contributed by atoms with Crippen LogP contribution in [0.1, 0.15) is 107 Å². The number of benzene rings is 1. The van der Waals surface area contributed by atoms with Crippen LogP contribution >= 0.6 is 0 Å². The standard InChI is InChI=1S/C24H38F3NO/c1-3-5-6-7-8-9-10-11-12-13-14-17-20-28(4-2)23(29)21-18-15-16-19-22(21)24(25,26)27/h15-16,18-19H,3-14,17,20H2,1-2H3. The summed E-state index contributed by atoms with van der Waals surface area (Å²) < 4.78 is 39.5. The molecule has 0 N–H and O–H groups in total. The molecule has 0 radical (unpaired) electrons. The number of carbonyl (C=O) groups is 1. The lowest BCUT2D eigenvalue weighted by Gasteiger charge is -2.23. The number of rotatable bonds is 15. The Bertz CT molecular complexity index is 571. The lowest BCUT2D eigenvalue weighted by Crippen LogP contribution is -2.33. The molecule has 0 aliphatic rings. The highest BCUT2D eigenvalue weighted by Crippen LogP contribution is 2.32. The summed E-state index contributed by atoms with van der Waals surface area (Å²) in [6.45, 7) is 4.98. The molecular weight excluding hydrogens is 375 g/mol. The monoisotopic (exact) mass is 413 g/mol. The Morgan fingerprint density at radius 2 is 1.28 bits per heavy atom. The summed E-state index contributed by atoms with van der Waals surface area (Å²) in [5, 5.41) is 0. The second-order valence-electron chi connectivity index (χ2n) is 7.82. The molecule has 0 atom stereocenters. The van der Waals surface area contributed by atoms with Gasteiger partial charge in [-0.15, -0.1) is 0 Å². The van der Waals surface area contributed by atoms with Crippen molar-refractivity contribution in [3.63, 3.8) is 0 Å². The van der Waals surface area contributed by atoms with Crippen LogP contribution in [-0.2, 0) is 6.18 Å². The third-order valence-electron chi connectivity index (χ3n) is 5.41. The Balaban J connectivity index is 2.26. The van der Waals surface area contributed by atoms with Crippen molar-refractivity contribution < 1.29 is 18.0 Å². The second-order valence-corrected chi connectivity index (χ2v) is 7.82. The highest BCUT2D eigenvalue weighted by Gasteiger charge is 2.35. The summed E-state index contributed by atoms with van der Waals surface area (Å²) in [5.41, 5.74) is -1.10. The molecule has 2 nitrogen and oxygen atoms in total. The molecule has 1 amide bonds. The summed E-state index contributed by atoms with van der Waals surface area (Å²) in [6, 6.07) is 5.06. The molecule has 0 spiro atoms. The molecule has 0 fully saturated rings. The van der Waals surface area contributed by atoms with Crippen molar-refractivity contribution in [1.29, 1.82) is 0 Å². The Labute approximate surface area is 174 Å². The number of unbranched alkanes of at least 4 members (excludes halogenated alkanes) is 11. The fourth-order valence-electron chi connectivity index (χ4n) is 3.63. The average molecular weight is 414 g/mol. The van der Waals surface area contributed by atoms with Crippen molar-refractivity contribution >= 4 is 5.91 Å². The first kappa shape index (κ1) is 25.5. The van der Waals surface area contributed by atoms with E-state index in [9.17, 15) is 18.0 Å². The summed E-state index contributed by atoms with van der Waals surface area (Å²) in [4.78, 5) is 14.1. The fourth-order valence-corrected chi connectivity index (χ4v) is 3.63. The van der Waals surface area contributed by atoms with Crippen molar-refractivity contribution in [1.82, 2.24) is 4.90 Å². The quantitative estimate of drug-likeness (QED) is 0.268. The zero-order valence-electron chi connectivity index (χ0n) is 18.2.